The summed E-state index contributed by atoms with van der Waals surface area (Å²) >= 11 is 12.1. The Bertz CT molecular complexity index is 1380. The first-order valence-electron chi connectivity index (χ1n) is 10.0. The first-order valence-corrected chi connectivity index (χ1v) is 10.8. The highest BCUT2D eigenvalue weighted by molar-refractivity contribution is 6.31. The quantitative estimate of drug-likeness (QED) is 0.286. The van der Waals surface area contributed by atoms with Gasteiger partial charge in [0.2, 0.25) is 5.88 Å². The molecule has 0 aliphatic carbocycles. The summed E-state index contributed by atoms with van der Waals surface area (Å²) in [6, 6.07) is 12.9. The number of nitrogens with zero attached hydrogens (tertiary/aromatic N) is 1. The molecule has 1 aromatic heterocycles. The second-order valence-electron chi connectivity index (χ2n) is 7.27. The fraction of sp³-hybridized carbons (Fsp3) is 0.130. The van der Waals surface area contributed by atoms with E-state index >= 15 is 0 Å². The Hall–Kier alpha value is -4.06. The lowest BCUT2D eigenvalue weighted by molar-refractivity contribution is -0.303. The smallest absolute Gasteiger partial charge is 0.270 e. The summed E-state index contributed by atoms with van der Waals surface area (Å²) in [5, 5.41) is 37.2. The number of carbonyl (C=O) groups excluding carboxylic acids is 3. The summed E-state index contributed by atoms with van der Waals surface area (Å²) < 4.78 is 0.670. The number of quaternary nitrogens is 1. The van der Waals surface area contributed by atoms with Gasteiger partial charge in [-0.2, -0.15) is 0 Å². The molecule has 11 nitrogen and oxygen atoms in total. The van der Waals surface area contributed by atoms with E-state index in [-0.39, 0.29) is 24.3 Å². The minimum absolute atomic E-state index is 0. The molecule has 0 fully saturated rings. The Morgan fingerprint density at radius 1 is 0.944 bits per heavy atom. The van der Waals surface area contributed by atoms with Crippen LogP contribution in [0.3, 0.4) is 0 Å². The Balaban J connectivity index is 0.00000456. The first kappa shape index (κ1) is 28.2. The molecule has 0 atom stereocenters. The van der Waals surface area contributed by atoms with Gasteiger partial charge >= 0.3 is 0 Å². The molecule has 190 valence electrons. The number of hydrogen-bond acceptors (Lipinski definition) is 7. The fourth-order valence-electron chi connectivity index (χ4n) is 3.21. The van der Waals surface area contributed by atoms with E-state index in [4.69, 9.17) is 23.2 Å². The van der Waals surface area contributed by atoms with E-state index in [0.717, 1.165) is 0 Å². The molecule has 0 saturated carbocycles. The zero-order valence-electron chi connectivity index (χ0n) is 18.9. The molecular formula is C23H22Cl2N4O7. The van der Waals surface area contributed by atoms with Gasteiger partial charge in [-0.3, -0.25) is 19.0 Å². The average molecular weight is 537 g/mol. The van der Waals surface area contributed by atoms with Crippen molar-refractivity contribution in [3.8, 4) is 11.6 Å². The molecule has 0 spiro atoms. The highest BCUT2D eigenvalue weighted by Gasteiger charge is 2.30. The third-order valence-corrected chi connectivity index (χ3v) is 5.49. The number of aromatic hydroxyl groups is 2. The van der Waals surface area contributed by atoms with Crippen LogP contribution in [0.5, 0.6) is 11.6 Å². The largest absolute Gasteiger partial charge is 0.548 e. The van der Waals surface area contributed by atoms with Crippen molar-refractivity contribution in [3.05, 3.63) is 91.2 Å². The monoisotopic (exact) mass is 536 g/mol. The number of rotatable bonds is 8. The van der Waals surface area contributed by atoms with Crippen LogP contribution in [0.1, 0.15) is 31.8 Å². The van der Waals surface area contributed by atoms with Gasteiger partial charge in [0.15, 0.2) is 5.75 Å². The molecule has 36 heavy (non-hydrogen) atoms. The number of nitrogens with one attached hydrogen (secondary N) is 2. The van der Waals surface area contributed by atoms with Crippen molar-refractivity contribution >= 4 is 41.0 Å². The maximum Gasteiger partial charge on any atom is 0.270 e. The number of benzene rings is 2. The number of aromatic nitrogens is 1. The predicted octanol–water partition coefficient (Wildman–Crippen LogP) is 1.40. The number of aliphatic carboxylic acids is 1. The van der Waals surface area contributed by atoms with Gasteiger partial charge in [0.1, 0.15) is 11.1 Å². The molecule has 0 aliphatic rings. The molecule has 2 aromatic carbocycles. The van der Waals surface area contributed by atoms with Crippen molar-refractivity contribution in [1.82, 2.24) is 21.4 Å². The van der Waals surface area contributed by atoms with Crippen LogP contribution < -0.4 is 27.4 Å². The molecule has 3 aromatic rings. The average Bonchev–Trinajstić information content (AvgIpc) is 2.80. The molecule has 13 heteroatoms. The van der Waals surface area contributed by atoms with Gasteiger partial charge in [0.25, 0.3) is 17.4 Å². The van der Waals surface area contributed by atoms with Crippen LogP contribution in [0.4, 0.5) is 0 Å². The number of carboxylic acids is 1. The van der Waals surface area contributed by atoms with Gasteiger partial charge in [-0.1, -0.05) is 53.5 Å². The lowest BCUT2D eigenvalue weighted by Gasteiger charge is -2.17. The number of carboxylic acid groups (broad SMARTS) is 1. The van der Waals surface area contributed by atoms with Crippen LogP contribution in [0.15, 0.2) is 53.3 Å². The number of carbonyl (C=O) groups is 3. The molecule has 3 rings (SSSR count). The maximum absolute atomic E-state index is 13.0. The predicted molar refractivity (Wildman–Crippen MR) is 131 cm³/mol. The zero-order valence-corrected chi connectivity index (χ0v) is 20.4. The van der Waals surface area contributed by atoms with E-state index in [1.165, 1.54) is 6.07 Å². The van der Waals surface area contributed by atoms with Crippen molar-refractivity contribution in [1.29, 1.82) is 0 Å². The molecule has 1 heterocycles. The highest BCUT2D eigenvalue weighted by Crippen LogP contribution is 2.29. The van der Waals surface area contributed by atoms with Gasteiger partial charge in [-0.25, -0.2) is 0 Å². The van der Waals surface area contributed by atoms with E-state index in [9.17, 15) is 34.5 Å². The van der Waals surface area contributed by atoms with Crippen molar-refractivity contribution < 1.29 is 29.7 Å². The Kier molecular flexibility index (Phi) is 9.45. The summed E-state index contributed by atoms with van der Waals surface area (Å²) in [5.41, 5.74) is -1.92. The molecule has 8 N–H and O–H groups in total. The van der Waals surface area contributed by atoms with Gasteiger partial charge in [0.05, 0.1) is 19.1 Å². The van der Waals surface area contributed by atoms with Gasteiger partial charge < -0.3 is 36.9 Å². The van der Waals surface area contributed by atoms with Gasteiger partial charge in [0, 0.05) is 16.6 Å². The Labute approximate surface area is 214 Å². The van der Waals surface area contributed by atoms with Crippen LogP contribution in [-0.4, -0.2) is 39.1 Å². The summed E-state index contributed by atoms with van der Waals surface area (Å²) in [5.74, 6) is -5.99. The standard InChI is InChI=1S/C23H19Cl2N3O7.H3N/c24-14-6-3-4-12(8-14)9-26-20(32)17-19(31)18(21(33)27-10-16(29)30)23(35)28(22(17)34)11-13-5-1-2-7-15(13)25;/h1-8,31,34H,9-11H2,(H,26,32)(H,27,33)(H,29,30);1H3. The molecule has 0 radical (unpaired) electrons. The molecule has 0 saturated heterocycles. The second-order valence-corrected chi connectivity index (χ2v) is 8.12. The topological polar surface area (TPSA) is 197 Å². The second kappa shape index (κ2) is 12.1. The van der Waals surface area contributed by atoms with Crippen molar-refractivity contribution in [3.63, 3.8) is 0 Å². The zero-order chi connectivity index (χ0) is 25.7. The lowest BCUT2D eigenvalue weighted by Crippen LogP contribution is -2.41. The fourth-order valence-corrected chi connectivity index (χ4v) is 3.62. The number of hydrogen-bond donors (Lipinski definition) is 5. The third-order valence-electron chi connectivity index (χ3n) is 4.89. The minimum atomic E-state index is -1.65. The van der Waals surface area contributed by atoms with E-state index in [2.05, 4.69) is 5.32 Å². The van der Waals surface area contributed by atoms with E-state index in [0.29, 0.717) is 20.7 Å². The van der Waals surface area contributed by atoms with Crippen molar-refractivity contribution in [2.75, 3.05) is 6.54 Å². The van der Waals surface area contributed by atoms with Crippen LogP contribution in [0.25, 0.3) is 0 Å². The van der Waals surface area contributed by atoms with Crippen LogP contribution in [0.2, 0.25) is 10.0 Å². The van der Waals surface area contributed by atoms with Gasteiger partial charge in [-0.15, -0.1) is 0 Å². The van der Waals surface area contributed by atoms with Crippen molar-refractivity contribution in [2.45, 2.75) is 13.1 Å². The third kappa shape index (κ3) is 6.33. The number of amides is 2. The highest BCUT2D eigenvalue weighted by atomic mass is 35.5. The molecule has 2 amide bonds. The van der Waals surface area contributed by atoms with Crippen LogP contribution >= 0.6 is 23.2 Å². The summed E-state index contributed by atoms with van der Waals surface area (Å²) in [7, 11) is 0. The SMILES string of the molecule is O=C([O-])CNC(=O)c1c(O)c(C(=O)NCc2cccc(Cl)c2)c(O)n(Cc2ccccc2Cl)c1=O.[NH4+]. The normalized spacial score (nSPS) is 10.3. The summed E-state index contributed by atoms with van der Waals surface area (Å²) in [6.45, 7) is -1.38. The maximum atomic E-state index is 13.0. The number of pyridine rings is 1. The molecule has 0 unspecified atom stereocenters. The molecule has 0 aliphatic heterocycles. The first-order chi connectivity index (χ1) is 16.6. The molecular weight excluding hydrogens is 515 g/mol. The van der Waals surface area contributed by atoms with E-state index < -0.39 is 52.6 Å². The summed E-state index contributed by atoms with van der Waals surface area (Å²) in [4.78, 5) is 49.2. The van der Waals surface area contributed by atoms with Gasteiger partial charge in [-0.05, 0) is 29.3 Å². The van der Waals surface area contributed by atoms with Crippen LogP contribution in [0, 0.1) is 0 Å². The lowest BCUT2D eigenvalue weighted by atomic mass is 10.1. The van der Waals surface area contributed by atoms with E-state index in [1.807, 2.05) is 5.32 Å². The minimum Gasteiger partial charge on any atom is -0.548 e. The van der Waals surface area contributed by atoms with E-state index in [1.54, 1.807) is 42.5 Å². The number of halogens is 2. The van der Waals surface area contributed by atoms with Crippen molar-refractivity contribution in [2.24, 2.45) is 0 Å². The Morgan fingerprint density at radius 3 is 2.25 bits per heavy atom. The Morgan fingerprint density at radius 2 is 1.61 bits per heavy atom. The summed E-state index contributed by atoms with van der Waals surface area (Å²) in [6.07, 6.45) is 0. The molecule has 0 bridgehead atoms. The van der Waals surface area contributed by atoms with Crippen LogP contribution in [-0.2, 0) is 17.9 Å².